The monoisotopic (exact) mass is 321 g/mol. The van der Waals surface area contributed by atoms with E-state index in [1.807, 2.05) is 0 Å². The minimum atomic E-state index is -4.84. The van der Waals surface area contributed by atoms with Crippen molar-refractivity contribution in [3.8, 4) is 5.75 Å². The summed E-state index contributed by atoms with van der Waals surface area (Å²) in [5.41, 5.74) is 0.714. The van der Waals surface area contributed by atoms with Gasteiger partial charge in [-0.05, 0) is 24.3 Å². The highest BCUT2D eigenvalue weighted by Crippen LogP contribution is 2.30. The molecule has 0 fully saturated rings. The molecule has 0 atom stereocenters. The molecule has 0 unspecified atom stereocenters. The zero-order chi connectivity index (χ0) is 16.4. The summed E-state index contributed by atoms with van der Waals surface area (Å²) >= 11 is 0. The highest BCUT2D eigenvalue weighted by Gasteiger charge is 2.32. The molecule has 118 valence electrons. The first-order valence-electron chi connectivity index (χ1n) is 6.52. The maximum atomic E-state index is 12.4. The fraction of sp³-hybridized carbons (Fsp3) is 0.0667. The van der Waals surface area contributed by atoms with Crippen molar-refractivity contribution < 1.29 is 22.7 Å². The van der Waals surface area contributed by atoms with E-state index in [9.17, 15) is 18.0 Å². The zero-order valence-corrected chi connectivity index (χ0v) is 11.5. The number of hydrogen-bond donors (Lipinski definition) is 1. The molecule has 3 rings (SSSR count). The Morgan fingerprint density at radius 1 is 1.13 bits per heavy atom. The normalized spacial score (nSPS) is 11.4. The maximum Gasteiger partial charge on any atom is 0.573 e. The van der Waals surface area contributed by atoms with E-state index >= 15 is 0 Å². The van der Waals surface area contributed by atoms with Crippen molar-refractivity contribution in [2.24, 2.45) is 0 Å². The van der Waals surface area contributed by atoms with Gasteiger partial charge in [0.1, 0.15) is 11.3 Å². The molecular formula is C15H10F3N3O2. The van der Waals surface area contributed by atoms with Crippen LogP contribution in [0.2, 0.25) is 0 Å². The van der Waals surface area contributed by atoms with Crippen molar-refractivity contribution in [3.63, 3.8) is 0 Å². The summed E-state index contributed by atoms with van der Waals surface area (Å²) in [5, 5.41) is 2.42. The number of halogens is 3. The lowest BCUT2D eigenvalue weighted by molar-refractivity contribution is -0.274. The van der Waals surface area contributed by atoms with Gasteiger partial charge >= 0.3 is 6.36 Å². The van der Waals surface area contributed by atoms with Gasteiger partial charge in [-0.25, -0.2) is 4.98 Å². The molecule has 0 spiro atoms. The van der Waals surface area contributed by atoms with E-state index in [4.69, 9.17) is 0 Å². The lowest BCUT2D eigenvalue weighted by Crippen LogP contribution is -2.20. The summed E-state index contributed by atoms with van der Waals surface area (Å²) in [6.07, 6.45) is -1.74. The Morgan fingerprint density at radius 2 is 1.91 bits per heavy atom. The van der Waals surface area contributed by atoms with Gasteiger partial charge in [-0.3, -0.25) is 9.20 Å². The molecule has 3 aromatic rings. The molecule has 0 saturated carbocycles. The lowest BCUT2D eigenvalue weighted by Gasteiger charge is -2.14. The summed E-state index contributed by atoms with van der Waals surface area (Å²) in [6, 6.07) is 10.2. The Hall–Kier alpha value is -3.03. The van der Waals surface area contributed by atoms with Crippen LogP contribution in [0.5, 0.6) is 5.75 Å². The standard InChI is InChI=1S/C15H10F3N3O2/c16-15(17,18)23-12-6-2-1-4-10(12)20-14(22)11-5-3-7-13-19-8-9-21(11)13/h1-9H,(H,20,22). The average Bonchev–Trinajstić information content (AvgIpc) is 2.96. The van der Waals surface area contributed by atoms with E-state index in [0.717, 1.165) is 6.07 Å². The number of benzene rings is 1. The lowest BCUT2D eigenvalue weighted by atomic mass is 10.2. The molecule has 1 amide bonds. The van der Waals surface area contributed by atoms with Gasteiger partial charge in [-0.15, -0.1) is 13.2 Å². The first-order chi connectivity index (χ1) is 10.9. The number of pyridine rings is 1. The van der Waals surface area contributed by atoms with E-state index in [-0.39, 0.29) is 11.4 Å². The molecule has 23 heavy (non-hydrogen) atoms. The number of carbonyl (C=O) groups is 1. The second kappa shape index (κ2) is 5.64. The fourth-order valence-electron chi connectivity index (χ4n) is 2.10. The molecule has 1 N–H and O–H groups in total. The number of ether oxygens (including phenoxy) is 1. The third kappa shape index (κ3) is 3.25. The van der Waals surface area contributed by atoms with Crippen molar-refractivity contribution in [1.29, 1.82) is 0 Å². The Kier molecular flexibility index (Phi) is 3.65. The van der Waals surface area contributed by atoms with Crippen LogP contribution in [0, 0.1) is 0 Å². The number of carbonyl (C=O) groups excluding carboxylic acids is 1. The first kappa shape index (κ1) is 14.9. The van der Waals surface area contributed by atoms with Crippen LogP contribution >= 0.6 is 0 Å². The van der Waals surface area contributed by atoms with Gasteiger partial charge in [0.15, 0.2) is 5.75 Å². The Labute approximate surface area is 128 Å². The number of anilines is 1. The van der Waals surface area contributed by atoms with Crippen LogP contribution in [0.25, 0.3) is 5.65 Å². The smallest absolute Gasteiger partial charge is 0.404 e. The Balaban J connectivity index is 1.90. The summed E-state index contributed by atoms with van der Waals surface area (Å²) in [6.45, 7) is 0. The van der Waals surface area contributed by atoms with Gasteiger partial charge in [-0.1, -0.05) is 18.2 Å². The number of fused-ring (bicyclic) bond motifs is 1. The number of amides is 1. The van der Waals surface area contributed by atoms with E-state index in [2.05, 4.69) is 15.0 Å². The van der Waals surface area contributed by atoms with Crippen LogP contribution in [-0.2, 0) is 0 Å². The summed E-state index contributed by atoms with van der Waals surface area (Å²) in [5.74, 6) is -1.06. The molecule has 0 radical (unpaired) electrons. The van der Waals surface area contributed by atoms with Crippen LogP contribution in [0.1, 0.15) is 10.5 Å². The Bertz CT molecular complexity index is 858. The minimum Gasteiger partial charge on any atom is -0.404 e. The van der Waals surface area contributed by atoms with Gasteiger partial charge in [0.05, 0.1) is 5.69 Å². The highest BCUT2D eigenvalue weighted by atomic mass is 19.4. The second-order valence-electron chi connectivity index (χ2n) is 4.56. The molecule has 8 heteroatoms. The van der Waals surface area contributed by atoms with E-state index in [0.29, 0.717) is 5.65 Å². The SMILES string of the molecule is O=C(Nc1ccccc1OC(F)(F)F)c1cccc2nccn12. The van der Waals surface area contributed by atoms with E-state index < -0.39 is 18.0 Å². The predicted molar refractivity (Wildman–Crippen MR) is 76.3 cm³/mol. The van der Waals surface area contributed by atoms with E-state index in [1.54, 1.807) is 18.3 Å². The molecule has 0 aliphatic heterocycles. The topological polar surface area (TPSA) is 55.6 Å². The third-order valence-corrected chi connectivity index (χ3v) is 3.02. The van der Waals surface area contributed by atoms with Crippen molar-refractivity contribution in [2.75, 3.05) is 5.32 Å². The molecule has 0 bridgehead atoms. The molecule has 0 saturated heterocycles. The van der Waals surface area contributed by atoms with Gasteiger partial charge in [-0.2, -0.15) is 0 Å². The van der Waals surface area contributed by atoms with Crippen molar-refractivity contribution in [3.05, 3.63) is 60.6 Å². The quantitative estimate of drug-likeness (QED) is 0.803. The van der Waals surface area contributed by atoms with Gasteiger partial charge in [0.2, 0.25) is 0 Å². The third-order valence-electron chi connectivity index (χ3n) is 3.02. The molecule has 2 aromatic heterocycles. The molecule has 1 aromatic carbocycles. The number of alkyl halides is 3. The number of aromatic nitrogens is 2. The Morgan fingerprint density at radius 3 is 2.70 bits per heavy atom. The van der Waals surface area contributed by atoms with Crippen LogP contribution in [0.3, 0.4) is 0 Å². The number of nitrogens with zero attached hydrogens (tertiary/aromatic N) is 2. The number of nitrogens with one attached hydrogen (secondary N) is 1. The number of hydrogen-bond acceptors (Lipinski definition) is 3. The zero-order valence-electron chi connectivity index (χ0n) is 11.5. The molecular weight excluding hydrogens is 311 g/mol. The van der Waals surface area contributed by atoms with Gasteiger partial charge in [0, 0.05) is 12.4 Å². The average molecular weight is 321 g/mol. The van der Waals surface area contributed by atoms with Crippen molar-refractivity contribution in [1.82, 2.24) is 9.38 Å². The van der Waals surface area contributed by atoms with Crippen molar-refractivity contribution >= 4 is 17.2 Å². The number of para-hydroxylation sites is 2. The van der Waals surface area contributed by atoms with Crippen LogP contribution in [0.15, 0.2) is 54.9 Å². The summed E-state index contributed by atoms with van der Waals surface area (Å²) in [7, 11) is 0. The van der Waals surface area contributed by atoms with E-state index in [1.165, 1.54) is 34.9 Å². The number of imidazole rings is 1. The van der Waals surface area contributed by atoms with Gasteiger partial charge in [0.25, 0.3) is 5.91 Å². The highest BCUT2D eigenvalue weighted by molar-refractivity contribution is 6.04. The first-order valence-corrected chi connectivity index (χ1v) is 6.52. The minimum absolute atomic E-state index is 0.0769. The van der Waals surface area contributed by atoms with Gasteiger partial charge < -0.3 is 10.1 Å². The summed E-state index contributed by atoms with van der Waals surface area (Å²) < 4.78 is 42.6. The largest absolute Gasteiger partial charge is 0.573 e. The molecule has 0 aliphatic carbocycles. The fourth-order valence-corrected chi connectivity index (χ4v) is 2.10. The number of rotatable bonds is 3. The second-order valence-corrected chi connectivity index (χ2v) is 4.56. The summed E-state index contributed by atoms with van der Waals surface area (Å²) in [4.78, 5) is 16.4. The van der Waals surface area contributed by atoms with Crippen molar-refractivity contribution in [2.45, 2.75) is 6.36 Å². The van der Waals surface area contributed by atoms with Crippen LogP contribution < -0.4 is 10.1 Å². The molecule has 5 nitrogen and oxygen atoms in total. The maximum absolute atomic E-state index is 12.4. The predicted octanol–water partition coefficient (Wildman–Crippen LogP) is 3.49. The molecule has 0 aliphatic rings. The van der Waals surface area contributed by atoms with Crippen LogP contribution in [0.4, 0.5) is 18.9 Å². The van der Waals surface area contributed by atoms with Crippen LogP contribution in [-0.4, -0.2) is 21.7 Å². The molecule has 2 heterocycles.